The molecule has 168 valence electrons. The van der Waals surface area contributed by atoms with Gasteiger partial charge in [-0.05, 0) is 49.6 Å². The van der Waals surface area contributed by atoms with Crippen molar-refractivity contribution in [2.45, 2.75) is 32.7 Å². The monoisotopic (exact) mass is 435 g/mol. The van der Waals surface area contributed by atoms with Crippen molar-refractivity contribution < 1.29 is 19.4 Å². The van der Waals surface area contributed by atoms with Crippen LogP contribution in [0.2, 0.25) is 0 Å². The SMILES string of the molecule is CCCOc1cccc(C2c3c(-c4cc(C)ccc4O)n[nH]c3C(=O)N2CCCOC)c1. The summed E-state index contributed by atoms with van der Waals surface area (Å²) in [6.45, 7) is 5.76. The predicted molar refractivity (Wildman–Crippen MR) is 122 cm³/mol. The fourth-order valence-corrected chi connectivity index (χ4v) is 4.19. The molecule has 0 aliphatic carbocycles. The lowest BCUT2D eigenvalue weighted by atomic mass is 9.95. The van der Waals surface area contributed by atoms with Gasteiger partial charge in [-0.25, -0.2) is 0 Å². The van der Waals surface area contributed by atoms with Gasteiger partial charge in [-0.1, -0.05) is 30.7 Å². The molecule has 0 spiro atoms. The number of nitrogens with one attached hydrogen (secondary N) is 1. The lowest BCUT2D eigenvalue weighted by molar-refractivity contribution is 0.0723. The molecule has 2 heterocycles. The molecular formula is C25H29N3O4. The molecule has 7 heteroatoms. The number of aromatic nitrogens is 2. The summed E-state index contributed by atoms with van der Waals surface area (Å²) in [5.41, 5.74) is 4.38. The number of aromatic amines is 1. The molecule has 0 fully saturated rings. The van der Waals surface area contributed by atoms with Gasteiger partial charge in [-0.2, -0.15) is 5.10 Å². The number of rotatable bonds is 9. The number of hydrogen-bond acceptors (Lipinski definition) is 5. The number of carbonyl (C=O) groups excluding carboxylic acids is 1. The van der Waals surface area contributed by atoms with Crippen LogP contribution >= 0.6 is 0 Å². The zero-order valence-electron chi connectivity index (χ0n) is 18.7. The van der Waals surface area contributed by atoms with E-state index in [-0.39, 0.29) is 17.7 Å². The van der Waals surface area contributed by atoms with E-state index >= 15 is 0 Å². The Morgan fingerprint density at radius 2 is 2.03 bits per heavy atom. The van der Waals surface area contributed by atoms with Gasteiger partial charge in [0, 0.05) is 31.4 Å². The zero-order chi connectivity index (χ0) is 22.7. The smallest absolute Gasteiger partial charge is 0.273 e. The van der Waals surface area contributed by atoms with Crippen LogP contribution in [0.15, 0.2) is 42.5 Å². The first kappa shape index (κ1) is 21.9. The van der Waals surface area contributed by atoms with Crippen molar-refractivity contribution in [2.24, 2.45) is 0 Å². The zero-order valence-corrected chi connectivity index (χ0v) is 18.7. The molecule has 1 unspecified atom stereocenters. The summed E-state index contributed by atoms with van der Waals surface area (Å²) in [6.07, 6.45) is 1.63. The molecule has 7 nitrogen and oxygen atoms in total. The van der Waals surface area contributed by atoms with Crippen molar-refractivity contribution >= 4 is 5.91 Å². The Kier molecular flexibility index (Phi) is 6.46. The first-order chi connectivity index (χ1) is 15.5. The summed E-state index contributed by atoms with van der Waals surface area (Å²) < 4.78 is 11.1. The lowest BCUT2D eigenvalue weighted by Gasteiger charge is -2.26. The summed E-state index contributed by atoms with van der Waals surface area (Å²) in [4.78, 5) is 15.2. The quantitative estimate of drug-likeness (QED) is 0.485. The Morgan fingerprint density at radius 3 is 2.81 bits per heavy atom. The van der Waals surface area contributed by atoms with E-state index in [0.29, 0.717) is 43.1 Å². The van der Waals surface area contributed by atoms with E-state index < -0.39 is 0 Å². The van der Waals surface area contributed by atoms with Crippen molar-refractivity contribution in [1.82, 2.24) is 15.1 Å². The van der Waals surface area contributed by atoms with Gasteiger partial charge in [0.2, 0.25) is 0 Å². The maximum Gasteiger partial charge on any atom is 0.273 e. The molecule has 2 N–H and O–H groups in total. The molecule has 4 rings (SSSR count). The van der Waals surface area contributed by atoms with E-state index in [1.807, 2.05) is 48.2 Å². The minimum absolute atomic E-state index is 0.105. The van der Waals surface area contributed by atoms with Crippen LogP contribution in [0.25, 0.3) is 11.3 Å². The van der Waals surface area contributed by atoms with Crippen LogP contribution < -0.4 is 4.74 Å². The number of hydrogen-bond donors (Lipinski definition) is 2. The molecule has 0 saturated carbocycles. The second-order valence-electron chi connectivity index (χ2n) is 8.05. The molecule has 0 bridgehead atoms. The Labute approximate surface area is 188 Å². The lowest BCUT2D eigenvalue weighted by Crippen LogP contribution is -2.31. The molecule has 0 radical (unpaired) electrons. The van der Waals surface area contributed by atoms with Gasteiger partial charge in [0.1, 0.15) is 22.9 Å². The summed E-state index contributed by atoms with van der Waals surface area (Å²) in [6, 6.07) is 12.9. The average molecular weight is 436 g/mol. The topological polar surface area (TPSA) is 87.7 Å². The van der Waals surface area contributed by atoms with Crippen molar-refractivity contribution in [3.8, 4) is 22.8 Å². The van der Waals surface area contributed by atoms with Crippen molar-refractivity contribution in [1.29, 1.82) is 0 Å². The highest BCUT2D eigenvalue weighted by atomic mass is 16.5. The van der Waals surface area contributed by atoms with Gasteiger partial charge in [-0.15, -0.1) is 0 Å². The summed E-state index contributed by atoms with van der Waals surface area (Å²) in [7, 11) is 1.66. The van der Waals surface area contributed by atoms with Crippen LogP contribution in [0.4, 0.5) is 0 Å². The molecule has 2 aromatic carbocycles. The van der Waals surface area contributed by atoms with Crippen LogP contribution in [0.1, 0.15) is 53.0 Å². The molecule has 3 aromatic rings. The standard InChI is InChI=1S/C25H29N3O4/c1-4-12-32-18-8-5-7-17(15-18)24-21-22(19-14-16(2)9-10-20(19)29)26-27-23(21)25(30)28(24)11-6-13-31-3/h5,7-10,14-15,24,29H,4,6,11-13H2,1-3H3,(H,26,27). The van der Waals surface area contributed by atoms with E-state index in [2.05, 4.69) is 17.1 Å². The number of benzene rings is 2. The highest BCUT2D eigenvalue weighted by Crippen LogP contribution is 2.45. The summed E-state index contributed by atoms with van der Waals surface area (Å²) in [5.74, 6) is 0.798. The fraction of sp³-hybridized carbons (Fsp3) is 0.360. The largest absolute Gasteiger partial charge is 0.507 e. The number of aryl methyl sites for hydroxylation is 1. The van der Waals surface area contributed by atoms with Crippen LogP contribution in [0, 0.1) is 6.92 Å². The molecule has 0 saturated heterocycles. The third kappa shape index (κ3) is 4.08. The highest BCUT2D eigenvalue weighted by Gasteiger charge is 2.42. The number of nitrogens with zero attached hydrogens (tertiary/aromatic N) is 2. The average Bonchev–Trinajstić information content (AvgIpc) is 3.33. The number of amides is 1. The third-order valence-corrected chi connectivity index (χ3v) is 5.67. The number of fused-ring (bicyclic) bond motifs is 1. The highest BCUT2D eigenvalue weighted by molar-refractivity contribution is 6.00. The first-order valence-corrected chi connectivity index (χ1v) is 11.0. The van der Waals surface area contributed by atoms with E-state index in [1.165, 1.54) is 0 Å². The Morgan fingerprint density at radius 1 is 1.19 bits per heavy atom. The van der Waals surface area contributed by atoms with E-state index in [1.54, 1.807) is 13.2 Å². The molecule has 1 aromatic heterocycles. The second kappa shape index (κ2) is 9.44. The number of aromatic hydroxyl groups is 1. The Bertz CT molecular complexity index is 1110. The van der Waals surface area contributed by atoms with Crippen molar-refractivity contribution in [3.05, 3.63) is 64.8 Å². The number of ether oxygens (including phenoxy) is 2. The van der Waals surface area contributed by atoms with Gasteiger partial charge < -0.3 is 19.5 Å². The number of methoxy groups -OCH3 is 1. The van der Waals surface area contributed by atoms with Gasteiger partial charge in [-0.3, -0.25) is 9.89 Å². The van der Waals surface area contributed by atoms with E-state index in [0.717, 1.165) is 28.9 Å². The minimum Gasteiger partial charge on any atom is -0.507 e. The van der Waals surface area contributed by atoms with Crippen molar-refractivity contribution in [3.63, 3.8) is 0 Å². The third-order valence-electron chi connectivity index (χ3n) is 5.67. The van der Waals surface area contributed by atoms with Crippen LogP contribution in [-0.2, 0) is 4.74 Å². The number of carbonyl (C=O) groups is 1. The maximum absolute atomic E-state index is 13.3. The minimum atomic E-state index is -0.340. The molecule has 32 heavy (non-hydrogen) atoms. The van der Waals surface area contributed by atoms with Crippen LogP contribution in [0.3, 0.4) is 0 Å². The summed E-state index contributed by atoms with van der Waals surface area (Å²) >= 11 is 0. The molecular weight excluding hydrogens is 406 g/mol. The van der Waals surface area contributed by atoms with Gasteiger partial charge in [0.15, 0.2) is 0 Å². The summed E-state index contributed by atoms with van der Waals surface area (Å²) in [5, 5.41) is 17.9. The second-order valence-corrected chi connectivity index (χ2v) is 8.05. The van der Waals surface area contributed by atoms with Crippen LogP contribution in [-0.4, -0.2) is 53.0 Å². The fourth-order valence-electron chi connectivity index (χ4n) is 4.19. The van der Waals surface area contributed by atoms with Crippen LogP contribution in [0.5, 0.6) is 11.5 Å². The van der Waals surface area contributed by atoms with E-state index in [9.17, 15) is 9.90 Å². The molecule has 1 aliphatic heterocycles. The number of phenols is 1. The van der Waals surface area contributed by atoms with Gasteiger partial charge in [0.25, 0.3) is 5.91 Å². The molecule has 1 aliphatic rings. The number of phenolic OH excluding ortho intramolecular Hbond substituents is 1. The molecule has 1 amide bonds. The van der Waals surface area contributed by atoms with Gasteiger partial charge in [0.05, 0.1) is 12.6 Å². The van der Waals surface area contributed by atoms with Gasteiger partial charge >= 0.3 is 0 Å². The molecule has 1 atom stereocenters. The Balaban J connectivity index is 1.82. The number of H-pyrrole nitrogens is 1. The maximum atomic E-state index is 13.3. The normalized spacial score (nSPS) is 15.3. The van der Waals surface area contributed by atoms with E-state index in [4.69, 9.17) is 9.47 Å². The predicted octanol–water partition coefficient (Wildman–Crippen LogP) is 4.46. The van der Waals surface area contributed by atoms with Crippen molar-refractivity contribution in [2.75, 3.05) is 26.9 Å². The Hall–Kier alpha value is -3.32. The first-order valence-electron chi connectivity index (χ1n) is 11.0.